The van der Waals surface area contributed by atoms with E-state index in [-0.39, 0.29) is 23.0 Å². The number of carbonyl (C=O) groups excluding carboxylic acids is 1. The lowest BCUT2D eigenvalue weighted by Gasteiger charge is -2.14. The monoisotopic (exact) mass is 387 g/mol. The van der Waals surface area contributed by atoms with Crippen molar-refractivity contribution < 1.29 is 9.18 Å². The maximum atomic E-state index is 13.6. The molecule has 1 fully saturated rings. The number of aromatic nitrogens is 4. The summed E-state index contributed by atoms with van der Waals surface area (Å²) in [5.41, 5.74) is 6.56. The van der Waals surface area contributed by atoms with Crippen molar-refractivity contribution >= 4 is 23.6 Å². The van der Waals surface area contributed by atoms with Crippen LogP contribution in [0, 0.1) is 11.7 Å². The Bertz CT molecular complexity index is 967. The van der Waals surface area contributed by atoms with E-state index in [9.17, 15) is 14.0 Å². The SMILES string of the molecule is CC(C)c1nn(CC(=O)Nc2ncncc2F)c(=O)c(C=NCC2CC2)c1N. The number of nitrogens with two attached hydrogens (primary N) is 1. The van der Waals surface area contributed by atoms with Crippen LogP contribution in [0.5, 0.6) is 0 Å². The zero-order valence-corrected chi connectivity index (χ0v) is 15.7. The van der Waals surface area contributed by atoms with Crippen LogP contribution in [0.4, 0.5) is 15.9 Å². The van der Waals surface area contributed by atoms with E-state index in [1.54, 1.807) is 0 Å². The van der Waals surface area contributed by atoms with Crippen LogP contribution in [0.2, 0.25) is 0 Å². The number of nitrogens with zero attached hydrogens (tertiary/aromatic N) is 5. The molecule has 148 valence electrons. The molecule has 3 N–H and O–H groups in total. The van der Waals surface area contributed by atoms with Gasteiger partial charge in [-0.1, -0.05) is 13.8 Å². The van der Waals surface area contributed by atoms with E-state index in [2.05, 4.69) is 25.4 Å². The summed E-state index contributed by atoms with van der Waals surface area (Å²) in [4.78, 5) is 36.5. The second-order valence-electron chi connectivity index (χ2n) is 7.04. The predicted molar refractivity (Wildman–Crippen MR) is 103 cm³/mol. The Kier molecular flexibility index (Phi) is 5.76. The van der Waals surface area contributed by atoms with Crippen molar-refractivity contribution in [3.63, 3.8) is 0 Å². The molecule has 1 aliphatic carbocycles. The van der Waals surface area contributed by atoms with Crippen LogP contribution in [-0.4, -0.2) is 38.4 Å². The van der Waals surface area contributed by atoms with E-state index in [1.165, 1.54) is 6.21 Å². The van der Waals surface area contributed by atoms with Gasteiger partial charge in [0.25, 0.3) is 5.56 Å². The van der Waals surface area contributed by atoms with Crippen molar-refractivity contribution in [2.45, 2.75) is 39.2 Å². The van der Waals surface area contributed by atoms with Crippen molar-refractivity contribution in [3.8, 4) is 0 Å². The Hall–Kier alpha value is -3.17. The van der Waals surface area contributed by atoms with Crippen LogP contribution < -0.4 is 16.6 Å². The molecule has 0 bridgehead atoms. The van der Waals surface area contributed by atoms with Crippen LogP contribution in [0.3, 0.4) is 0 Å². The minimum Gasteiger partial charge on any atom is -0.396 e. The molecule has 0 radical (unpaired) electrons. The lowest BCUT2D eigenvalue weighted by atomic mass is 10.1. The Morgan fingerprint density at radius 1 is 1.50 bits per heavy atom. The summed E-state index contributed by atoms with van der Waals surface area (Å²) in [6.07, 6.45) is 5.79. The van der Waals surface area contributed by atoms with Gasteiger partial charge in [-0.05, 0) is 24.7 Å². The molecule has 1 saturated carbocycles. The fourth-order valence-electron chi connectivity index (χ4n) is 2.59. The van der Waals surface area contributed by atoms with Gasteiger partial charge in [0, 0.05) is 12.8 Å². The van der Waals surface area contributed by atoms with Gasteiger partial charge >= 0.3 is 0 Å². The second kappa shape index (κ2) is 8.24. The smallest absolute Gasteiger partial charge is 0.278 e. The highest BCUT2D eigenvalue weighted by Gasteiger charge is 2.21. The van der Waals surface area contributed by atoms with E-state index in [0.29, 0.717) is 18.2 Å². The standard InChI is InChI=1S/C18H22FN7O2/c1-10(2)16-15(20)12(6-21-5-11-3-4-11)18(28)26(25-16)8-14(27)24-17-13(19)7-22-9-23-17/h6-7,9-11H,3-5,8,20H2,1-2H3,(H,22,23,24,27). The average Bonchev–Trinajstić information content (AvgIpc) is 3.46. The molecule has 2 heterocycles. The summed E-state index contributed by atoms with van der Waals surface area (Å²) >= 11 is 0. The molecule has 3 rings (SSSR count). The molecule has 0 aromatic carbocycles. The number of hydrogen-bond donors (Lipinski definition) is 2. The first-order valence-corrected chi connectivity index (χ1v) is 9.02. The number of halogens is 1. The number of anilines is 2. The van der Waals surface area contributed by atoms with Gasteiger partial charge in [0.1, 0.15) is 12.9 Å². The number of rotatable bonds is 7. The molecular formula is C18H22FN7O2. The minimum absolute atomic E-state index is 0.0650. The number of nitrogen functional groups attached to an aromatic ring is 1. The van der Waals surface area contributed by atoms with Gasteiger partial charge in [0.15, 0.2) is 11.6 Å². The highest BCUT2D eigenvalue weighted by Crippen LogP contribution is 2.28. The molecule has 0 unspecified atom stereocenters. The number of amides is 1. The van der Waals surface area contributed by atoms with Crippen LogP contribution in [0.1, 0.15) is 43.9 Å². The maximum Gasteiger partial charge on any atom is 0.278 e. The van der Waals surface area contributed by atoms with Crippen molar-refractivity contribution in [2.75, 3.05) is 17.6 Å². The van der Waals surface area contributed by atoms with Gasteiger partial charge in [-0.15, -0.1) is 0 Å². The average molecular weight is 387 g/mol. The van der Waals surface area contributed by atoms with Crippen LogP contribution in [0.25, 0.3) is 0 Å². The van der Waals surface area contributed by atoms with Crippen LogP contribution in [0.15, 0.2) is 22.3 Å². The summed E-state index contributed by atoms with van der Waals surface area (Å²) in [5.74, 6) is -1.18. The van der Waals surface area contributed by atoms with Gasteiger partial charge < -0.3 is 11.1 Å². The van der Waals surface area contributed by atoms with Crippen molar-refractivity contribution in [1.29, 1.82) is 0 Å². The molecule has 2 aromatic heterocycles. The quantitative estimate of drug-likeness (QED) is 0.690. The molecule has 0 saturated heterocycles. The van der Waals surface area contributed by atoms with Gasteiger partial charge in [0.2, 0.25) is 5.91 Å². The third-order valence-corrected chi connectivity index (χ3v) is 4.31. The maximum absolute atomic E-state index is 13.6. The van der Waals surface area contributed by atoms with Crippen LogP contribution >= 0.6 is 0 Å². The molecule has 2 aromatic rings. The Morgan fingerprint density at radius 2 is 2.25 bits per heavy atom. The van der Waals surface area contributed by atoms with Gasteiger partial charge in [-0.2, -0.15) is 5.10 Å². The van der Waals surface area contributed by atoms with Gasteiger partial charge in [0.05, 0.1) is 23.1 Å². The van der Waals surface area contributed by atoms with Gasteiger partial charge in [-0.25, -0.2) is 19.0 Å². The van der Waals surface area contributed by atoms with Crippen molar-refractivity contribution in [1.82, 2.24) is 19.7 Å². The molecule has 9 nitrogen and oxygen atoms in total. The summed E-state index contributed by atoms with van der Waals surface area (Å²) in [6.45, 7) is 4.00. The third-order valence-electron chi connectivity index (χ3n) is 4.31. The Labute approximate surface area is 160 Å². The first-order chi connectivity index (χ1) is 13.4. The number of hydrogen-bond acceptors (Lipinski definition) is 7. The fraction of sp³-hybridized carbons (Fsp3) is 0.444. The van der Waals surface area contributed by atoms with Crippen molar-refractivity contribution in [2.24, 2.45) is 10.9 Å². The predicted octanol–water partition coefficient (Wildman–Crippen LogP) is 1.35. The molecular weight excluding hydrogens is 365 g/mol. The molecule has 0 spiro atoms. The summed E-state index contributed by atoms with van der Waals surface area (Å²) in [7, 11) is 0. The molecule has 0 atom stereocenters. The summed E-state index contributed by atoms with van der Waals surface area (Å²) < 4.78 is 14.6. The molecule has 1 aliphatic rings. The number of nitrogens with one attached hydrogen (secondary N) is 1. The fourth-order valence-corrected chi connectivity index (χ4v) is 2.59. The third kappa shape index (κ3) is 4.56. The lowest BCUT2D eigenvalue weighted by Crippen LogP contribution is -2.34. The molecule has 1 amide bonds. The first-order valence-electron chi connectivity index (χ1n) is 9.02. The highest BCUT2D eigenvalue weighted by atomic mass is 19.1. The number of carbonyl (C=O) groups is 1. The first kappa shape index (κ1) is 19.6. The molecule has 0 aliphatic heterocycles. The summed E-state index contributed by atoms with van der Waals surface area (Å²) in [6, 6.07) is 0. The normalized spacial score (nSPS) is 14.0. The lowest BCUT2D eigenvalue weighted by molar-refractivity contribution is -0.117. The molecule has 28 heavy (non-hydrogen) atoms. The highest BCUT2D eigenvalue weighted by molar-refractivity contribution is 5.90. The molecule has 10 heteroatoms. The zero-order valence-electron chi connectivity index (χ0n) is 15.7. The Morgan fingerprint density at radius 3 is 2.89 bits per heavy atom. The Balaban J connectivity index is 1.87. The van der Waals surface area contributed by atoms with Crippen LogP contribution in [-0.2, 0) is 11.3 Å². The van der Waals surface area contributed by atoms with E-state index in [0.717, 1.165) is 30.0 Å². The summed E-state index contributed by atoms with van der Waals surface area (Å²) in [5, 5.41) is 6.53. The van der Waals surface area contributed by atoms with E-state index in [1.807, 2.05) is 13.8 Å². The minimum atomic E-state index is -0.774. The van der Waals surface area contributed by atoms with E-state index >= 15 is 0 Å². The number of aliphatic imine (C=N–C) groups is 1. The zero-order chi connectivity index (χ0) is 20.3. The van der Waals surface area contributed by atoms with Gasteiger partial charge in [-0.3, -0.25) is 14.6 Å². The second-order valence-corrected chi connectivity index (χ2v) is 7.04. The van der Waals surface area contributed by atoms with E-state index in [4.69, 9.17) is 5.73 Å². The van der Waals surface area contributed by atoms with E-state index < -0.39 is 23.8 Å². The largest absolute Gasteiger partial charge is 0.396 e. The topological polar surface area (TPSA) is 128 Å². The van der Waals surface area contributed by atoms with Crippen molar-refractivity contribution in [3.05, 3.63) is 40.0 Å².